The van der Waals surface area contributed by atoms with Crippen LogP contribution in [0.1, 0.15) is 44.4 Å². The van der Waals surface area contributed by atoms with Crippen molar-refractivity contribution in [3.8, 4) is 17.2 Å². The number of benzene rings is 1. The molecule has 7 heteroatoms. The molecule has 0 unspecified atom stereocenters. The molecule has 0 saturated carbocycles. The number of amides is 1. The molecule has 1 saturated heterocycles. The summed E-state index contributed by atoms with van der Waals surface area (Å²) in [5.74, 6) is 0.962. The number of anilines is 1. The summed E-state index contributed by atoms with van der Waals surface area (Å²) in [6, 6.07) is 11.9. The lowest BCUT2D eigenvalue weighted by Gasteiger charge is -2.41. The van der Waals surface area contributed by atoms with Gasteiger partial charge in [0.2, 0.25) is 5.91 Å². The van der Waals surface area contributed by atoms with Crippen LogP contribution in [0.15, 0.2) is 30.3 Å². The first-order valence-electron chi connectivity index (χ1n) is 10.6. The third kappa shape index (κ3) is 5.17. The van der Waals surface area contributed by atoms with Crippen LogP contribution in [-0.2, 0) is 9.53 Å². The van der Waals surface area contributed by atoms with Crippen LogP contribution in [0.2, 0.25) is 5.02 Å². The number of pyridine rings is 1. The second kappa shape index (κ2) is 10.1. The maximum Gasteiger partial charge on any atom is 0.225 e. The minimum atomic E-state index is 0.0292. The maximum absolute atomic E-state index is 12.5. The third-order valence-electron chi connectivity index (χ3n) is 5.60. The summed E-state index contributed by atoms with van der Waals surface area (Å²) in [4.78, 5) is 21.4. The summed E-state index contributed by atoms with van der Waals surface area (Å²) in [7, 11) is 1.60. The number of carbonyl (C=O) groups is 1. The molecule has 1 aliphatic rings. The van der Waals surface area contributed by atoms with Gasteiger partial charge in [-0.25, -0.2) is 4.98 Å². The average Bonchev–Trinajstić information content (AvgIpc) is 2.76. The lowest BCUT2D eigenvalue weighted by Crippen LogP contribution is -2.54. The fourth-order valence-corrected chi connectivity index (χ4v) is 4.21. The van der Waals surface area contributed by atoms with Gasteiger partial charge in [-0.15, -0.1) is 0 Å². The highest BCUT2D eigenvalue weighted by Gasteiger charge is 2.29. The fraction of sp³-hybridized carbons (Fsp3) is 0.458. The molecular weight excluding hydrogens is 412 g/mol. The van der Waals surface area contributed by atoms with Gasteiger partial charge in [0, 0.05) is 43.4 Å². The summed E-state index contributed by atoms with van der Waals surface area (Å²) in [6.45, 7) is 8.53. The zero-order valence-electron chi connectivity index (χ0n) is 18.6. The molecule has 3 rings (SSSR count). The molecule has 0 radical (unpaired) electrons. The Morgan fingerprint density at radius 1 is 1.35 bits per heavy atom. The van der Waals surface area contributed by atoms with E-state index in [2.05, 4.69) is 24.8 Å². The largest absolute Gasteiger partial charge is 0.384 e. The molecule has 0 N–H and O–H groups in total. The number of aromatic nitrogens is 1. The smallest absolute Gasteiger partial charge is 0.225 e. The molecule has 2 aromatic rings. The summed E-state index contributed by atoms with van der Waals surface area (Å²) in [6.07, 6.45) is 0.383. The molecule has 0 bridgehead atoms. The van der Waals surface area contributed by atoms with Gasteiger partial charge in [0.25, 0.3) is 0 Å². The van der Waals surface area contributed by atoms with Crippen LogP contribution in [0, 0.1) is 11.3 Å². The van der Waals surface area contributed by atoms with Gasteiger partial charge in [-0.3, -0.25) is 4.79 Å². The SMILES string of the molecule is COCCC(=O)N1CCN(c2nc(C(C)C)c(-c3cccc(Cl)c3)cc2C#N)C[C@H]1C. The van der Waals surface area contributed by atoms with Crippen LogP contribution in [0.25, 0.3) is 11.1 Å². The lowest BCUT2D eigenvalue weighted by atomic mass is 9.95. The van der Waals surface area contributed by atoms with E-state index >= 15 is 0 Å². The molecule has 2 heterocycles. The number of ether oxygens (including phenoxy) is 1. The highest BCUT2D eigenvalue weighted by atomic mass is 35.5. The minimum absolute atomic E-state index is 0.0292. The number of nitrogens with zero attached hydrogens (tertiary/aromatic N) is 4. The number of carbonyl (C=O) groups excluding carboxylic acids is 1. The molecule has 1 atom stereocenters. The van der Waals surface area contributed by atoms with Crippen LogP contribution in [-0.4, -0.2) is 55.2 Å². The normalized spacial score (nSPS) is 16.5. The monoisotopic (exact) mass is 440 g/mol. The molecule has 0 spiro atoms. The summed E-state index contributed by atoms with van der Waals surface area (Å²) >= 11 is 6.21. The van der Waals surface area contributed by atoms with Gasteiger partial charge >= 0.3 is 0 Å². The summed E-state index contributed by atoms with van der Waals surface area (Å²) < 4.78 is 5.04. The summed E-state index contributed by atoms with van der Waals surface area (Å²) in [5, 5.41) is 10.5. The van der Waals surface area contributed by atoms with E-state index in [-0.39, 0.29) is 17.9 Å². The number of methoxy groups -OCH3 is 1. The Morgan fingerprint density at radius 2 is 2.13 bits per heavy atom. The van der Waals surface area contributed by atoms with E-state index in [0.29, 0.717) is 49.1 Å². The van der Waals surface area contributed by atoms with Gasteiger partial charge in [-0.1, -0.05) is 37.6 Å². The predicted octanol–water partition coefficient (Wildman–Crippen LogP) is 4.47. The number of piperazine rings is 1. The van der Waals surface area contributed by atoms with Crippen molar-refractivity contribution in [1.82, 2.24) is 9.88 Å². The molecule has 1 aliphatic heterocycles. The van der Waals surface area contributed by atoms with Crippen LogP contribution < -0.4 is 4.90 Å². The zero-order valence-corrected chi connectivity index (χ0v) is 19.3. The second-order valence-corrected chi connectivity index (χ2v) is 8.63. The standard InChI is InChI=1S/C24H29ClN4O2/c1-16(2)23-21(18-6-5-7-20(25)12-18)13-19(14-26)24(27-23)28-9-10-29(17(3)15-28)22(30)8-11-31-4/h5-7,12-13,16-17H,8-11,15H2,1-4H3/t17-/m1/s1. The first kappa shape index (κ1) is 23.1. The molecule has 0 aliphatic carbocycles. The summed E-state index contributed by atoms with van der Waals surface area (Å²) in [5.41, 5.74) is 3.35. The topological polar surface area (TPSA) is 69.5 Å². The Kier molecular flexibility index (Phi) is 7.53. The van der Waals surface area contributed by atoms with Crippen molar-refractivity contribution in [2.45, 2.75) is 39.2 Å². The molecule has 6 nitrogen and oxygen atoms in total. The van der Waals surface area contributed by atoms with E-state index in [0.717, 1.165) is 16.8 Å². The quantitative estimate of drug-likeness (QED) is 0.662. The molecule has 1 aromatic heterocycles. The average molecular weight is 441 g/mol. The van der Waals surface area contributed by atoms with E-state index < -0.39 is 0 Å². The van der Waals surface area contributed by atoms with E-state index in [1.807, 2.05) is 42.2 Å². The van der Waals surface area contributed by atoms with E-state index in [4.69, 9.17) is 21.3 Å². The van der Waals surface area contributed by atoms with Gasteiger partial charge in [0.15, 0.2) is 0 Å². The number of hydrogen-bond acceptors (Lipinski definition) is 5. The number of nitriles is 1. The van der Waals surface area contributed by atoms with Gasteiger partial charge in [-0.05, 0) is 36.6 Å². The second-order valence-electron chi connectivity index (χ2n) is 8.19. The molecular formula is C24H29ClN4O2. The van der Waals surface area contributed by atoms with Gasteiger partial charge in [-0.2, -0.15) is 5.26 Å². The molecule has 164 valence electrons. The van der Waals surface area contributed by atoms with Crippen molar-refractivity contribution in [2.75, 3.05) is 38.3 Å². The predicted molar refractivity (Wildman–Crippen MR) is 123 cm³/mol. The Labute approximate surface area is 189 Å². The van der Waals surface area contributed by atoms with Crippen LogP contribution in [0.5, 0.6) is 0 Å². The number of halogens is 1. The number of hydrogen-bond donors (Lipinski definition) is 0. The fourth-order valence-electron chi connectivity index (χ4n) is 4.02. The number of rotatable bonds is 6. The van der Waals surface area contributed by atoms with E-state index in [9.17, 15) is 10.1 Å². The van der Waals surface area contributed by atoms with E-state index in [1.165, 1.54) is 0 Å². The molecule has 1 fully saturated rings. The van der Waals surface area contributed by atoms with Crippen molar-refractivity contribution >= 4 is 23.3 Å². The van der Waals surface area contributed by atoms with Crippen LogP contribution in [0.3, 0.4) is 0 Å². The zero-order chi connectivity index (χ0) is 22.5. The molecule has 1 amide bonds. The minimum Gasteiger partial charge on any atom is -0.384 e. The Bertz CT molecular complexity index is 986. The van der Waals surface area contributed by atoms with Crippen molar-refractivity contribution in [3.63, 3.8) is 0 Å². The molecule has 1 aromatic carbocycles. The highest BCUT2D eigenvalue weighted by Crippen LogP contribution is 2.34. The highest BCUT2D eigenvalue weighted by molar-refractivity contribution is 6.30. The van der Waals surface area contributed by atoms with Gasteiger partial charge < -0.3 is 14.5 Å². The maximum atomic E-state index is 12.5. The van der Waals surface area contributed by atoms with Crippen LogP contribution >= 0.6 is 11.6 Å². The van der Waals surface area contributed by atoms with Crippen molar-refractivity contribution in [1.29, 1.82) is 5.26 Å². The third-order valence-corrected chi connectivity index (χ3v) is 5.84. The van der Waals surface area contributed by atoms with Crippen LogP contribution in [0.4, 0.5) is 5.82 Å². The first-order chi connectivity index (χ1) is 14.8. The van der Waals surface area contributed by atoms with Gasteiger partial charge in [0.1, 0.15) is 11.9 Å². The van der Waals surface area contributed by atoms with E-state index in [1.54, 1.807) is 7.11 Å². The van der Waals surface area contributed by atoms with Crippen molar-refractivity contribution in [3.05, 3.63) is 46.6 Å². The van der Waals surface area contributed by atoms with Crippen molar-refractivity contribution in [2.24, 2.45) is 0 Å². The van der Waals surface area contributed by atoms with Gasteiger partial charge in [0.05, 0.1) is 24.3 Å². The van der Waals surface area contributed by atoms with Crippen molar-refractivity contribution < 1.29 is 9.53 Å². The Balaban J connectivity index is 1.93. The first-order valence-corrected chi connectivity index (χ1v) is 11.0. The molecule has 31 heavy (non-hydrogen) atoms. The Morgan fingerprint density at radius 3 is 2.74 bits per heavy atom. The Hall–Kier alpha value is -2.62. The lowest BCUT2D eigenvalue weighted by molar-refractivity contribution is -0.134.